The number of ether oxygens (including phenoxy) is 1. The molecule has 0 amide bonds. The molecule has 5 heteroatoms. The number of pyridine rings is 1. The maximum absolute atomic E-state index is 6.28. The Balaban J connectivity index is 1.62. The lowest BCUT2D eigenvalue weighted by atomic mass is 9.98. The molecule has 24 heavy (non-hydrogen) atoms. The minimum Gasteiger partial charge on any atom is -0.464 e. The van der Waals surface area contributed by atoms with Gasteiger partial charge in [0, 0.05) is 29.9 Å². The maximum Gasteiger partial charge on any atom is 0.215 e. The third kappa shape index (κ3) is 2.12. The zero-order valence-electron chi connectivity index (χ0n) is 12.9. The fourth-order valence-corrected chi connectivity index (χ4v) is 4.09. The molecule has 0 spiro atoms. The van der Waals surface area contributed by atoms with Gasteiger partial charge in [-0.2, -0.15) is 5.10 Å². The molecule has 0 bridgehead atoms. The fourth-order valence-electron chi connectivity index (χ4n) is 3.37. The van der Waals surface area contributed by atoms with Crippen molar-refractivity contribution in [3.05, 3.63) is 82.3 Å². The molecule has 0 saturated heterocycles. The molecule has 4 nitrogen and oxygen atoms in total. The summed E-state index contributed by atoms with van der Waals surface area (Å²) in [6.07, 6.45) is 4.30. The number of benzene rings is 1. The number of hydrogen-bond donors (Lipinski definition) is 0. The van der Waals surface area contributed by atoms with Gasteiger partial charge in [0.15, 0.2) is 0 Å². The van der Waals surface area contributed by atoms with E-state index in [1.54, 1.807) is 17.5 Å². The molecule has 118 valence electrons. The molecule has 0 fully saturated rings. The van der Waals surface area contributed by atoms with Gasteiger partial charge in [-0.3, -0.25) is 4.98 Å². The van der Waals surface area contributed by atoms with E-state index in [-0.39, 0.29) is 12.3 Å². The molecule has 2 atom stereocenters. The van der Waals surface area contributed by atoms with Crippen molar-refractivity contribution >= 4 is 17.0 Å². The van der Waals surface area contributed by atoms with Gasteiger partial charge in [0.25, 0.3) is 0 Å². The number of fused-ring (bicyclic) bond motifs is 3. The smallest absolute Gasteiger partial charge is 0.215 e. The number of rotatable bonds is 2. The van der Waals surface area contributed by atoms with Crippen LogP contribution in [0.4, 0.5) is 0 Å². The average Bonchev–Trinajstić information content (AvgIpc) is 3.31. The SMILES string of the molecule is c1cncc([C@@H]2Oc3ccccc3[C@H]3CC(c4cccs4)=NN32)c1. The summed E-state index contributed by atoms with van der Waals surface area (Å²) < 4.78 is 6.28. The molecule has 2 aliphatic rings. The standard InChI is InChI=1S/C19H15N3OS/c1-2-7-17-14(6-1)16-11-15(18-8-4-10-24-18)21-22(16)19(23-17)13-5-3-9-20-12-13/h1-10,12,16,19H,11H2/t16-,19+/m1/s1. The molecule has 0 aliphatic carbocycles. The third-order valence-corrected chi connectivity index (χ3v) is 5.39. The molecule has 5 rings (SSSR count). The predicted molar refractivity (Wildman–Crippen MR) is 94.1 cm³/mol. The molecular weight excluding hydrogens is 318 g/mol. The van der Waals surface area contributed by atoms with Gasteiger partial charge in [-0.1, -0.05) is 30.3 Å². The van der Waals surface area contributed by atoms with E-state index in [4.69, 9.17) is 9.84 Å². The Morgan fingerprint density at radius 2 is 2.04 bits per heavy atom. The Labute approximate surface area is 144 Å². The topological polar surface area (TPSA) is 37.7 Å². The number of thiophene rings is 1. The van der Waals surface area contributed by atoms with Gasteiger partial charge in [0.05, 0.1) is 16.6 Å². The second-order valence-corrected chi connectivity index (χ2v) is 6.87. The molecule has 3 aromatic rings. The van der Waals surface area contributed by atoms with Crippen LogP contribution < -0.4 is 4.74 Å². The average molecular weight is 333 g/mol. The van der Waals surface area contributed by atoms with Crippen LogP contribution in [0.15, 0.2) is 71.4 Å². The van der Waals surface area contributed by atoms with E-state index in [1.807, 2.05) is 30.5 Å². The maximum atomic E-state index is 6.28. The van der Waals surface area contributed by atoms with Gasteiger partial charge in [-0.05, 0) is 23.6 Å². The zero-order chi connectivity index (χ0) is 15.9. The minimum atomic E-state index is -0.240. The van der Waals surface area contributed by atoms with Crippen LogP contribution in [-0.2, 0) is 0 Å². The highest BCUT2D eigenvalue weighted by Gasteiger charge is 2.40. The molecule has 1 aromatic carbocycles. The lowest BCUT2D eigenvalue weighted by Gasteiger charge is -2.38. The van der Waals surface area contributed by atoms with Crippen molar-refractivity contribution in [2.24, 2.45) is 5.10 Å². The van der Waals surface area contributed by atoms with Crippen LogP contribution in [0.3, 0.4) is 0 Å². The fraction of sp³-hybridized carbons (Fsp3) is 0.158. The molecular formula is C19H15N3OS. The lowest BCUT2D eigenvalue weighted by molar-refractivity contribution is -0.0192. The van der Waals surface area contributed by atoms with Crippen LogP contribution in [-0.4, -0.2) is 15.7 Å². The third-order valence-electron chi connectivity index (χ3n) is 4.47. The van der Waals surface area contributed by atoms with Crippen LogP contribution in [0.2, 0.25) is 0 Å². The van der Waals surface area contributed by atoms with Crippen molar-refractivity contribution < 1.29 is 4.74 Å². The summed E-state index contributed by atoms with van der Waals surface area (Å²) in [5.41, 5.74) is 3.35. The normalized spacial score (nSPS) is 21.7. The van der Waals surface area contributed by atoms with Gasteiger partial charge in [0.1, 0.15) is 5.75 Å². The minimum absolute atomic E-state index is 0.206. The van der Waals surface area contributed by atoms with Gasteiger partial charge >= 0.3 is 0 Å². The first-order chi connectivity index (χ1) is 11.9. The molecule has 2 aromatic heterocycles. The van der Waals surface area contributed by atoms with Crippen LogP contribution in [0, 0.1) is 0 Å². The van der Waals surface area contributed by atoms with Gasteiger partial charge in [-0.15, -0.1) is 11.3 Å². The predicted octanol–water partition coefficient (Wildman–Crippen LogP) is 4.39. The summed E-state index contributed by atoms with van der Waals surface area (Å²) >= 11 is 1.73. The first kappa shape index (κ1) is 13.7. The second kappa shape index (κ2) is 5.46. The van der Waals surface area contributed by atoms with E-state index in [1.165, 1.54) is 10.4 Å². The molecule has 4 heterocycles. The first-order valence-corrected chi connectivity index (χ1v) is 8.83. The highest BCUT2D eigenvalue weighted by atomic mass is 32.1. The van der Waals surface area contributed by atoms with Crippen molar-refractivity contribution in [3.8, 4) is 5.75 Å². The van der Waals surface area contributed by atoms with Crippen LogP contribution in [0.25, 0.3) is 0 Å². The van der Waals surface area contributed by atoms with Gasteiger partial charge in [-0.25, -0.2) is 5.01 Å². The van der Waals surface area contributed by atoms with Crippen molar-refractivity contribution in [2.45, 2.75) is 18.7 Å². The number of nitrogens with zero attached hydrogens (tertiary/aromatic N) is 3. The highest BCUT2D eigenvalue weighted by Crippen LogP contribution is 2.47. The van der Waals surface area contributed by atoms with E-state index in [0.29, 0.717) is 0 Å². The highest BCUT2D eigenvalue weighted by molar-refractivity contribution is 7.12. The first-order valence-electron chi connectivity index (χ1n) is 7.95. The Morgan fingerprint density at radius 3 is 2.88 bits per heavy atom. The van der Waals surface area contributed by atoms with E-state index in [2.05, 4.69) is 39.6 Å². The van der Waals surface area contributed by atoms with E-state index < -0.39 is 0 Å². The lowest BCUT2D eigenvalue weighted by Crippen LogP contribution is -2.33. The largest absolute Gasteiger partial charge is 0.464 e. The number of hydrazone groups is 1. The summed E-state index contributed by atoms with van der Waals surface area (Å²) in [4.78, 5) is 5.47. The Morgan fingerprint density at radius 1 is 1.08 bits per heavy atom. The van der Waals surface area contributed by atoms with Crippen LogP contribution in [0.5, 0.6) is 5.75 Å². The molecule has 0 unspecified atom stereocenters. The second-order valence-electron chi connectivity index (χ2n) is 5.92. The summed E-state index contributed by atoms with van der Waals surface area (Å²) in [5, 5.41) is 9.10. The van der Waals surface area contributed by atoms with Gasteiger partial charge in [0.2, 0.25) is 6.23 Å². The summed E-state index contributed by atoms with van der Waals surface area (Å²) in [6.45, 7) is 0. The number of hydrogen-bond acceptors (Lipinski definition) is 5. The monoisotopic (exact) mass is 333 g/mol. The van der Waals surface area contributed by atoms with E-state index >= 15 is 0 Å². The number of aromatic nitrogens is 1. The van der Waals surface area contributed by atoms with E-state index in [9.17, 15) is 0 Å². The summed E-state index contributed by atoms with van der Waals surface area (Å²) in [6, 6.07) is 16.7. The van der Waals surface area contributed by atoms with Crippen molar-refractivity contribution in [1.82, 2.24) is 9.99 Å². The Hall–Kier alpha value is -2.66. The zero-order valence-corrected chi connectivity index (χ0v) is 13.7. The quantitative estimate of drug-likeness (QED) is 0.698. The van der Waals surface area contributed by atoms with Crippen molar-refractivity contribution in [1.29, 1.82) is 0 Å². The van der Waals surface area contributed by atoms with Crippen LogP contribution >= 0.6 is 11.3 Å². The summed E-state index contributed by atoms with van der Waals surface area (Å²) in [7, 11) is 0. The molecule has 0 radical (unpaired) electrons. The molecule has 0 saturated carbocycles. The number of para-hydroxylation sites is 1. The van der Waals surface area contributed by atoms with Gasteiger partial charge < -0.3 is 4.74 Å². The van der Waals surface area contributed by atoms with E-state index in [0.717, 1.165) is 23.4 Å². The molecule has 0 N–H and O–H groups in total. The van der Waals surface area contributed by atoms with Crippen LogP contribution in [0.1, 0.15) is 34.7 Å². The summed E-state index contributed by atoms with van der Waals surface area (Å²) in [5.74, 6) is 0.940. The van der Waals surface area contributed by atoms with Crippen molar-refractivity contribution in [3.63, 3.8) is 0 Å². The Kier molecular flexibility index (Phi) is 3.13. The van der Waals surface area contributed by atoms with Crippen molar-refractivity contribution in [2.75, 3.05) is 0 Å². The molecule has 2 aliphatic heterocycles. The Bertz CT molecular complexity index is 892.